The van der Waals surface area contributed by atoms with Crippen LogP contribution in [0.25, 0.3) is 0 Å². The summed E-state index contributed by atoms with van der Waals surface area (Å²) in [5.74, 6) is 0.585. The Bertz CT molecular complexity index is 594. The van der Waals surface area contributed by atoms with Crippen LogP contribution in [0, 0.1) is 0 Å². The first-order valence-corrected chi connectivity index (χ1v) is 6.97. The SMILES string of the molecule is O=Cc1cc(OCc2c(Cl)cccc2Cl)ccc1Br. The van der Waals surface area contributed by atoms with E-state index in [0.29, 0.717) is 21.4 Å². The largest absolute Gasteiger partial charge is 0.489 e. The predicted octanol–water partition coefficient (Wildman–Crippen LogP) is 5.15. The summed E-state index contributed by atoms with van der Waals surface area (Å²) in [6, 6.07) is 10.5. The van der Waals surface area contributed by atoms with Gasteiger partial charge in [-0.25, -0.2) is 0 Å². The fraction of sp³-hybridized carbons (Fsp3) is 0.0714. The minimum Gasteiger partial charge on any atom is -0.489 e. The van der Waals surface area contributed by atoms with Crippen molar-refractivity contribution in [3.05, 3.63) is 62.0 Å². The number of hydrogen-bond acceptors (Lipinski definition) is 2. The quantitative estimate of drug-likeness (QED) is 0.706. The highest BCUT2D eigenvalue weighted by Gasteiger charge is 2.07. The average Bonchev–Trinajstić information content (AvgIpc) is 2.40. The molecule has 0 radical (unpaired) electrons. The molecule has 0 aromatic heterocycles. The van der Waals surface area contributed by atoms with E-state index in [4.69, 9.17) is 27.9 Å². The van der Waals surface area contributed by atoms with E-state index >= 15 is 0 Å². The molecule has 0 heterocycles. The number of ether oxygens (including phenoxy) is 1. The summed E-state index contributed by atoms with van der Waals surface area (Å²) in [5, 5.41) is 1.11. The number of rotatable bonds is 4. The van der Waals surface area contributed by atoms with Gasteiger partial charge in [-0.05, 0) is 30.3 Å². The Kier molecular flexibility index (Phi) is 4.86. The van der Waals surface area contributed by atoms with Crippen molar-refractivity contribution in [2.75, 3.05) is 0 Å². The lowest BCUT2D eigenvalue weighted by atomic mass is 10.2. The summed E-state index contributed by atoms with van der Waals surface area (Å²) >= 11 is 15.4. The number of halogens is 3. The standard InChI is InChI=1S/C14H9BrCl2O2/c15-12-5-4-10(6-9(12)7-18)19-8-11-13(16)2-1-3-14(11)17/h1-7H,8H2. The van der Waals surface area contributed by atoms with Gasteiger partial charge in [0.25, 0.3) is 0 Å². The van der Waals surface area contributed by atoms with Crippen LogP contribution in [0.4, 0.5) is 0 Å². The Morgan fingerprint density at radius 3 is 2.47 bits per heavy atom. The second-order valence-corrected chi connectivity index (χ2v) is 5.46. The van der Waals surface area contributed by atoms with E-state index in [1.54, 1.807) is 36.4 Å². The molecule has 2 rings (SSSR count). The Morgan fingerprint density at radius 2 is 1.84 bits per heavy atom. The molecule has 0 saturated carbocycles. The molecule has 0 amide bonds. The zero-order valence-electron chi connectivity index (χ0n) is 9.70. The molecule has 5 heteroatoms. The minimum atomic E-state index is 0.248. The van der Waals surface area contributed by atoms with Crippen molar-refractivity contribution >= 4 is 45.4 Å². The molecule has 0 aliphatic heterocycles. The minimum absolute atomic E-state index is 0.248. The molecule has 0 aliphatic rings. The summed E-state index contributed by atoms with van der Waals surface area (Å²) in [6.45, 7) is 0.248. The summed E-state index contributed by atoms with van der Waals surface area (Å²) < 4.78 is 6.33. The summed E-state index contributed by atoms with van der Waals surface area (Å²) in [5.41, 5.74) is 1.25. The van der Waals surface area contributed by atoms with Crippen LogP contribution in [0.2, 0.25) is 10.0 Å². The number of carbonyl (C=O) groups is 1. The predicted molar refractivity (Wildman–Crippen MR) is 80.3 cm³/mol. The lowest BCUT2D eigenvalue weighted by Crippen LogP contribution is -1.98. The molecule has 2 nitrogen and oxygen atoms in total. The van der Waals surface area contributed by atoms with Crippen molar-refractivity contribution in [2.45, 2.75) is 6.61 Å². The van der Waals surface area contributed by atoms with Crippen molar-refractivity contribution in [3.8, 4) is 5.75 Å². The van der Waals surface area contributed by atoms with Gasteiger partial charge in [-0.1, -0.05) is 45.2 Å². The molecular formula is C14H9BrCl2O2. The van der Waals surface area contributed by atoms with Crippen LogP contribution in [-0.4, -0.2) is 6.29 Å². The van der Waals surface area contributed by atoms with E-state index in [2.05, 4.69) is 15.9 Å². The number of hydrogen-bond donors (Lipinski definition) is 0. The highest BCUT2D eigenvalue weighted by atomic mass is 79.9. The van der Waals surface area contributed by atoms with Crippen molar-refractivity contribution in [1.82, 2.24) is 0 Å². The second-order valence-electron chi connectivity index (χ2n) is 3.79. The van der Waals surface area contributed by atoms with Crippen LogP contribution in [0.15, 0.2) is 40.9 Å². The third-order valence-electron chi connectivity index (χ3n) is 2.54. The monoisotopic (exact) mass is 358 g/mol. The topological polar surface area (TPSA) is 26.3 Å². The molecule has 98 valence electrons. The third kappa shape index (κ3) is 3.50. The van der Waals surface area contributed by atoms with E-state index < -0.39 is 0 Å². The van der Waals surface area contributed by atoms with Crippen molar-refractivity contribution < 1.29 is 9.53 Å². The van der Waals surface area contributed by atoms with Crippen molar-refractivity contribution in [2.24, 2.45) is 0 Å². The normalized spacial score (nSPS) is 10.3. The van der Waals surface area contributed by atoms with Gasteiger partial charge in [-0.15, -0.1) is 0 Å². The van der Waals surface area contributed by atoms with Crippen LogP contribution < -0.4 is 4.74 Å². The van der Waals surface area contributed by atoms with Crippen LogP contribution in [0.5, 0.6) is 5.75 Å². The first kappa shape index (κ1) is 14.4. The summed E-state index contributed by atoms with van der Waals surface area (Å²) in [7, 11) is 0. The maximum Gasteiger partial charge on any atom is 0.151 e. The molecule has 0 saturated heterocycles. The molecule has 0 fully saturated rings. The first-order valence-electron chi connectivity index (χ1n) is 5.42. The molecule has 0 unspecified atom stereocenters. The smallest absolute Gasteiger partial charge is 0.151 e. The molecule has 0 spiro atoms. The van der Waals surface area contributed by atoms with Gasteiger partial charge in [-0.2, -0.15) is 0 Å². The first-order chi connectivity index (χ1) is 9.11. The van der Waals surface area contributed by atoms with Crippen molar-refractivity contribution in [3.63, 3.8) is 0 Å². The fourth-order valence-corrected chi connectivity index (χ4v) is 2.37. The van der Waals surface area contributed by atoms with Gasteiger partial charge in [0.05, 0.1) is 0 Å². The van der Waals surface area contributed by atoms with E-state index in [-0.39, 0.29) is 6.61 Å². The van der Waals surface area contributed by atoms with E-state index in [1.807, 2.05) is 0 Å². The van der Waals surface area contributed by atoms with Gasteiger partial charge >= 0.3 is 0 Å². The molecule has 0 aliphatic carbocycles. The highest BCUT2D eigenvalue weighted by molar-refractivity contribution is 9.10. The number of carbonyl (C=O) groups excluding carboxylic acids is 1. The van der Waals surface area contributed by atoms with E-state index in [9.17, 15) is 4.79 Å². The molecule has 0 atom stereocenters. The highest BCUT2D eigenvalue weighted by Crippen LogP contribution is 2.27. The maximum absolute atomic E-state index is 10.8. The molecule has 2 aromatic rings. The lowest BCUT2D eigenvalue weighted by Gasteiger charge is -2.10. The van der Waals surface area contributed by atoms with Gasteiger partial charge in [0.1, 0.15) is 12.4 Å². The number of aldehydes is 1. The van der Waals surface area contributed by atoms with Crippen LogP contribution in [0.1, 0.15) is 15.9 Å². The van der Waals surface area contributed by atoms with Gasteiger partial charge in [0.2, 0.25) is 0 Å². The molecule has 2 aromatic carbocycles. The average molecular weight is 360 g/mol. The van der Waals surface area contributed by atoms with E-state index in [1.165, 1.54) is 0 Å². The van der Waals surface area contributed by atoms with Gasteiger partial charge < -0.3 is 4.74 Å². The Labute approximate surface area is 129 Å². The Balaban J connectivity index is 2.17. The zero-order chi connectivity index (χ0) is 13.8. The van der Waals surface area contributed by atoms with Gasteiger partial charge in [-0.3, -0.25) is 4.79 Å². The molecular weight excluding hydrogens is 351 g/mol. The Morgan fingerprint density at radius 1 is 1.16 bits per heavy atom. The second kappa shape index (κ2) is 6.42. The summed E-state index contributed by atoms with van der Waals surface area (Å²) in [6.07, 6.45) is 0.763. The number of benzene rings is 2. The molecule has 19 heavy (non-hydrogen) atoms. The van der Waals surface area contributed by atoms with Crippen molar-refractivity contribution in [1.29, 1.82) is 0 Å². The lowest BCUT2D eigenvalue weighted by molar-refractivity contribution is 0.112. The third-order valence-corrected chi connectivity index (χ3v) is 3.97. The van der Waals surface area contributed by atoms with Crippen LogP contribution >= 0.6 is 39.1 Å². The van der Waals surface area contributed by atoms with Gasteiger partial charge in [0, 0.05) is 25.6 Å². The van der Waals surface area contributed by atoms with Gasteiger partial charge in [0.15, 0.2) is 6.29 Å². The molecule has 0 N–H and O–H groups in total. The zero-order valence-corrected chi connectivity index (χ0v) is 12.8. The molecule has 0 bridgehead atoms. The van der Waals surface area contributed by atoms with Crippen LogP contribution in [0.3, 0.4) is 0 Å². The fourth-order valence-electron chi connectivity index (χ4n) is 1.53. The Hall–Kier alpha value is -1.03. The maximum atomic E-state index is 10.8. The van der Waals surface area contributed by atoms with Crippen LogP contribution in [-0.2, 0) is 6.61 Å². The summed E-state index contributed by atoms with van der Waals surface area (Å²) in [4.78, 5) is 10.8. The van der Waals surface area contributed by atoms with E-state index in [0.717, 1.165) is 16.3 Å².